The lowest BCUT2D eigenvalue weighted by Gasteiger charge is -2.38. The van der Waals surface area contributed by atoms with E-state index in [0.717, 1.165) is 41.3 Å². The zero-order valence-electron chi connectivity index (χ0n) is 13.1. The van der Waals surface area contributed by atoms with Gasteiger partial charge in [0.1, 0.15) is 5.75 Å². The van der Waals surface area contributed by atoms with Crippen LogP contribution in [0.2, 0.25) is 5.02 Å². The summed E-state index contributed by atoms with van der Waals surface area (Å²) >= 11 is 6.37. The molecule has 2 aliphatic rings. The van der Waals surface area contributed by atoms with Crippen molar-refractivity contribution < 1.29 is 4.74 Å². The maximum absolute atomic E-state index is 6.37. The number of hydrogen-bond donors (Lipinski definition) is 0. The first-order valence-corrected chi connectivity index (χ1v) is 8.52. The Hall–Kier alpha value is -2.00. The Labute approximate surface area is 141 Å². The molecule has 3 nitrogen and oxygen atoms in total. The van der Waals surface area contributed by atoms with Crippen LogP contribution < -0.4 is 4.74 Å². The minimum Gasteiger partial charge on any atom is -0.469 e. The van der Waals surface area contributed by atoms with Crippen LogP contribution in [0, 0.1) is 0 Å². The van der Waals surface area contributed by atoms with Gasteiger partial charge in [-0.3, -0.25) is 5.01 Å². The molecule has 0 N–H and O–H groups in total. The van der Waals surface area contributed by atoms with E-state index in [1.807, 2.05) is 30.3 Å². The zero-order valence-corrected chi connectivity index (χ0v) is 13.8. The first-order chi connectivity index (χ1) is 11.3. The molecule has 4 rings (SSSR count). The number of nitrogens with zero attached hydrogens (tertiary/aromatic N) is 2. The maximum Gasteiger partial charge on any atom is 0.187 e. The molecule has 118 valence electrons. The van der Waals surface area contributed by atoms with Crippen molar-refractivity contribution in [2.45, 2.75) is 38.5 Å². The Morgan fingerprint density at radius 1 is 1.17 bits per heavy atom. The molecule has 2 heterocycles. The van der Waals surface area contributed by atoms with Gasteiger partial charge in [0, 0.05) is 29.0 Å². The van der Waals surface area contributed by atoms with Crippen molar-refractivity contribution in [1.29, 1.82) is 0 Å². The molecule has 0 unspecified atom stereocenters. The third-order valence-electron chi connectivity index (χ3n) is 4.50. The second-order valence-electron chi connectivity index (χ2n) is 6.03. The number of fused-ring (bicyclic) bond motifs is 3. The van der Waals surface area contributed by atoms with Crippen molar-refractivity contribution in [3.8, 4) is 5.75 Å². The second-order valence-corrected chi connectivity index (χ2v) is 6.43. The van der Waals surface area contributed by atoms with Gasteiger partial charge in [-0.1, -0.05) is 61.3 Å². The predicted octanol–water partition coefficient (Wildman–Crippen LogP) is 5.01. The molecule has 0 aromatic heterocycles. The predicted molar refractivity (Wildman–Crippen MR) is 93.0 cm³/mol. The van der Waals surface area contributed by atoms with Gasteiger partial charge in [0.2, 0.25) is 0 Å². The van der Waals surface area contributed by atoms with Crippen LogP contribution in [0.1, 0.15) is 43.4 Å². The average molecular weight is 327 g/mol. The fraction of sp³-hybridized carbons (Fsp3) is 0.316. The summed E-state index contributed by atoms with van der Waals surface area (Å²) in [5, 5.41) is 7.77. The SMILES string of the molecule is CCC[C@@H]1Oc2ccccc2[C@H]2CC(c3ccccc3Cl)=NN12. The molecule has 0 bridgehead atoms. The average Bonchev–Trinajstić information content (AvgIpc) is 3.01. The lowest BCUT2D eigenvalue weighted by Crippen LogP contribution is -2.40. The largest absolute Gasteiger partial charge is 0.469 e. The molecule has 0 radical (unpaired) electrons. The van der Waals surface area contributed by atoms with Crippen LogP contribution in [-0.2, 0) is 0 Å². The number of ether oxygens (including phenoxy) is 1. The van der Waals surface area contributed by atoms with Gasteiger partial charge >= 0.3 is 0 Å². The molecular weight excluding hydrogens is 308 g/mol. The normalized spacial score (nSPS) is 22.2. The van der Waals surface area contributed by atoms with Crippen molar-refractivity contribution in [3.05, 3.63) is 64.7 Å². The number of para-hydroxylation sites is 1. The first-order valence-electron chi connectivity index (χ1n) is 8.14. The molecule has 4 heteroatoms. The molecular formula is C19H19ClN2O. The summed E-state index contributed by atoms with van der Waals surface area (Å²) in [6.45, 7) is 2.17. The van der Waals surface area contributed by atoms with Crippen LogP contribution in [0.15, 0.2) is 53.6 Å². The van der Waals surface area contributed by atoms with Crippen molar-refractivity contribution in [2.24, 2.45) is 5.10 Å². The van der Waals surface area contributed by atoms with Crippen LogP contribution in [0.5, 0.6) is 5.75 Å². The van der Waals surface area contributed by atoms with E-state index in [1.165, 1.54) is 5.56 Å². The highest BCUT2D eigenvalue weighted by Crippen LogP contribution is 2.44. The Morgan fingerprint density at radius 3 is 2.78 bits per heavy atom. The highest BCUT2D eigenvalue weighted by Gasteiger charge is 2.39. The van der Waals surface area contributed by atoms with E-state index >= 15 is 0 Å². The third kappa shape index (κ3) is 2.49. The number of hydrogen-bond acceptors (Lipinski definition) is 3. The van der Waals surface area contributed by atoms with Gasteiger partial charge in [-0.2, -0.15) is 5.10 Å². The minimum absolute atomic E-state index is 0.000104. The number of rotatable bonds is 3. The number of benzene rings is 2. The monoisotopic (exact) mass is 326 g/mol. The third-order valence-corrected chi connectivity index (χ3v) is 4.83. The Morgan fingerprint density at radius 2 is 1.96 bits per heavy atom. The summed E-state index contributed by atoms with van der Waals surface area (Å²) in [6.07, 6.45) is 2.89. The van der Waals surface area contributed by atoms with Crippen molar-refractivity contribution in [3.63, 3.8) is 0 Å². The van der Waals surface area contributed by atoms with E-state index in [4.69, 9.17) is 21.4 Å². The number of halogens is 1. The molecule has 0 spiro atoms. The summed E-state index contributed by atoms with van der Waals surface area (Å²) in [7, 11) is 0. The van der Waals surface area contributed by atoms with Gasteiger partial charge in [-0.15, -0.1) is 0 Å². The van der Waals surface area contributed by atoms with Gasteiger partial charge in [-0.25, -0.2) is 0 Å². The quantitative estimate of drug-likeness (QED) is 0.792. The molecule has 0 amide bonds. The molecule has 2 aliphatic heterocycles. The van der Waals surface area contributed by atoms with Crippen molar-refractivity contribution in [2.75, 3.05) is 0 Å². The van der Waals surface area contributed by atoms with E-state index in [2.05, 4.69) is 30.1 Å². The van der Waals surface area contributed by atoms with Crippen molar-refractivity contribution in [1.82, 2.24) is 5.01 Å². The van der Waals surface area contributed by atoms with E-state index in [1.54, 1.807) is 0 Å². The standard InChI is InChI=1S/C19H19ClN2O/c1-2-7-19-22-17(14-9-4-6-11-18(14)23-19)12-16(21-22)13-8-3-5-10-15(13)20/h3-6,8-11,17,19H,2,7,12H2,1H3/t17-,19+/m1/s1. The maximum atomic E-state index is 6.37. The fourth-order valence-corrected chi connectivity index (χ4v) is 3.65. The van der Waals surface area contributed by atoms with Gasteiger partial charge in [0.05, 0.1) is 11.8 Å². The highest BCUT2D eigenvalue weighted by molar-refractivity contribution is 6.34. The molecule has 0 aliphatic carbocycles. The summed E-state index contributed by atoms with van der Waals surface area (Å²) in [6, 6.07) is 16.5. The van der Waals surface area contributed by atoms with Gasteiger partial charge in [-0.05, 0) is 12.1 Å². The molecule has 2 aromatic rings. The smallest absolute Gasteiger partial charge is 0.187 e. The minimum atomic E-state index is -0.000104. The Balaban J connectivity index is 1.74. The summed E-state index contributed by atoms with van der Waals surface area (Å²) in [5.74, 6) is 0.989. The van der Waals surface area contributed by atoms with Crippen LogP contribution in [-0.4, -0.2) is 16.9 Å². The van der Waals surface area contributed by atoms with E-state index < -0.39 is 0 Å². The summed E-state index contributed by atoms with van der Waals surface area (Å²) in [4.78, 5) is 0. The topological polar surface area (TPSA) is 24.8 Å². The Kier molecular flexibility index (Phi) is 3.74. The zero-order chi connectivity index (χ0) is 15.8. The molecule has 0 fully saturated rings. The number of hydrazone groups is 1. The fourth-order valence-electron chi connectivity index (χ4n) is 3.41. The van der Waals surface area contributed by atoms with Crippen LogP contribution in [0.3, 0.4) is 0 Å². The highest BCUT2D eigenvalue weighted by atomic mass is 35.5. The summed E-state index contributed by atoms with van der Waals surface area (Å²) in [5.41, 5.74) is 3.28. The molecule has 23 heavy (non-hydrogen) atoms. The molecule has 2 atom stereocenters. The second kappa shape index (κ2) is 5.89. The first kappa shape index (κ1) is 14.6. The molecule has 0 saturated heterocycles. The Bertz CT molecular complexity index is 759. The van der Waals surface area contributed by atoms with Crippen molar-refractivity contribution >= 4 is 17.3 Å². The van der Waals surface area contributed by atoms with Gasteiger partial charge in [0.25, 0.3) is 0 Å². The summed E-state index contributed by atoms with van der Waals surface area (Å²) < 4.78 is 6.19. The van der Waals surface area contributed by atoms with E-state index in [9.17, 15) is 0 Å². The lowest BCUT2D eigenvalue weighted by molar-refractivity contribution is -0.0223. The van der Waals surface area contributed by atoms with Crippen LogP contribution >= 0.6 is 11.6 Å². The van der Waals surface area contributed by atoms with Gasteiger partial charge in [0.15, 0.2) is 6.23 Å². The van der Waals surface area contributed by atoms with Crippen LogP contribution in [0.25, 0.3) is 0 Å². The molecule has 0 saturated carbocycles. The van der Waals surface area contributed by atoms with E-state index in [-0.39, 0.29) is 12.3 Å². The lowest BCUT2D eigenvalue weighted by atomic mass is 9.96. The van der Waals surface area contributed by atoms with Crippen LogP contribution in [0.4, 0.5) is 0 Å². The molecule has 2 aromatic carbocycles. The van der Waals surface area contributed by atoms with Gasteiger partial charge < -0.3 is 4.74 Å². The van der Waals surface area contributed by atoms with E-state index in [0.29, 0.717) is 0 Å².